The Morgan fingerprint density at radius 2 is 2.04 bits per heavy atom. The van der Waals surface area contributed by atoms with Gasteiger partial charge in [0.15, 0.2) is 0 Å². The summed E-state index contributed by atoms with van der Waals surface area (Å²) in [5.41, 5.74) is 2.80. The molecule has 0 N–H and O–H groups in total. The Balaban J connectivity index is 1.49. The molecule has 0 fully saturated rings. The second-order valence-corrected chi connectivity index (χ2v) is 6.53. The fourth-order valence-electron chi connectivity index (χ4n) is 3.56. The van der Waals surface area contributed by atoms with E-state index in [0.29, 0.717) is 19.5 Å². The highest BCUT2D eigenvalue weighted by molar-refractivity contribution is 5.96. The minimum atomic E-state index is -0.0296. The summed E-state index contributed by atoms with van der Waals surface area (Å²) >= 11 is 0. The average Bonchev–Trinajstić information content (AvgIpc) is 3.36. The molecule has 4 aromatic rings. The number of fused-ring (bicyclic) bond motifs is 2. The van der Waals surface area contributed by atoms with Gasteiger partial charge in [0, 0.05) is 24.1 Å². The van der Waals surface area contributed by atoms with E-state index in [2.05, 4.69) is 38.9 Å². The second kappa shape index (κ2) is 6.31. The molecule has 1 aliphatic rings. The van der Waals surface area contributed by atoms with Crippen LogP contribution in [0.2, 0.25) is 0 Å². The minimum Gasteiger partial charge on any atom is -0.360 e. The van der Waals surface area contributed by atoms with Gasteiger partial charge in [-0.2, -0.15) is 0 Å². The summed E-state index contributed by atoms with van der Waals surface area (Å²) < 4.78 is 7.03. The molecule has 0 saturated carbocycles. The predicted octanol–water partition coefficient (Wildman–Crippen LogP) is 2.07. The lowest BCUT2D eigenvalue weighted by atomic mass is 9.97. The minimum absolute atomic E-state index is 0.0296. The first-order valence-electron chi connectivity index (χ1n) is 8.74. The van der Waals surface area contributed by atoms with E-state index in [4.69, 9.17) is 4.52 Å². The van der Waals surface area contributed by atoms with Crippen LogP contribution in [0.15, 0.2) is 53.3 Å². The summed E-state index contributed by atoms with van der Waals surface area (Å²) in [4.78, 5) is 14.4. The van der Waals surface area contributed by atoms with Gasteiger partial charge in [-0.15, -0.1) is 5.10 Å². The first kappa shape index (κ1) is 15.7. The van der Waals surface area contributed by atoms with Crippen LogP contribution < -0.4 is 0 Å². The fraction of sp³-hybridized carbons (Fsp3) is 0.211. The van der Waals surface area contributed by atoms with E-state index in [1.54, 1.807) is 4.90 Å². The van der Waals surface area contributed by atoms with Crippen molar-refractivity contribution in [3.63, 3.8) is 0 Å². The molecule has 2 aromatic carbocycles. The Bertz CT molecular complexity index is 1110. The quantitative estimate of drug-likeness (QED) is 0.556. The molecule has 1 aliphatic heterocycles. The van der Waals surface area contributed by atoms with Gasteiger partial charge < -0.3 is 9.42 Å². The number of carbonyl (C=O) groups is 1. The van der Waals surface area contributed by atoms with Crippen LogP contribution >= 0.6 is 0 Å². The maximum absolute atomic E-state index is 12.6. The van der Waals surface area contributed by atoms with Gasteiger partial charge in [0.05, 0.1) is 6.54 Å². The Hall–Kier alpha value is -3.55. The molecule has 0 atom stereocenters. The highest BCUT2D eigenvalue weighted by Crippen LogP contribution is 2.34. The van der Waals surface area contributed by atoms with Crippen LogP contribution in [0.25, 0.3) is 22.0 Å². The summed E-state index contributed by atoms with van der Waals surface area (Å²) in [6.45, 7) is 1.19. The summed E-state index contributed by atoms with van der Waals surface area (Å²) in [5.74, 6) is 0.822. The number of hydrogen-bond donors (Lipinski definition) is 0. The van der Waals surface area contributed by atoms with Gasteiger partial charge >= 0.3 is 0 Å². The third kappa shape index (κ3) is 2.75. The number of tetrazole rings is 1. The third-order valence-electron chi connectivity index (χ3n) is 4.91. The Morgan fingerprint density at radius 1 is 1.15 bits per heavy atom. The average molecular weight is 360 g/mol. The molecule has 3 heterocycles. The van der Waals surface area contributed by atoms with E-state index in [-0.39, 0.29) is 12.5 Å². The Morgan fingerprint density at radius 3 is 2.93 bits per heavy atom. The van der Waals surface area contributed by atoms with Gasteiger partial charge in [-0.05, 0) is 21.2 Å². The highest BCUT2D eigenvalue weighted by atomic mass is 16.5. The first-order chi connectivity index (χ1) is 13.3. The van der Waals surface area contributed by atoms with E-state index in [0.717, 1.165) is 33.4 Å². The summed E-state index contributed by atoms with van der Waals surface area (Å²) in [6.07, 6.45) is 2.09. The van der Waals surface area contributed by atoms with Gasteiger partial charge in [-0.1, -0.05) is 47.6 Å². The van der Waals surface area contributed by atoms with Crippen LogP contribution in [0.4, 0.5) is 0 Å². The molecule has 8 nitrogen and oxygen atoms in total. The molecule has 0 bridgehead atoms. The number of carbonyl (C=O) groups excluding carboxylic acids is 1. The maximum Gasteiger partial charge on any atom is 0.244 e. The van der Waals surface area contributed by atoms with Crippen molar-refractivity contribution in [1.29, 1.82) is 0 Å². The molecule has 0 saturated heterocycles. The molecule has 134 valence electrons. The van der Waals surface area contributed by atoms with Crippen molar-refractivity contribution in [2.75, 3.05) is 6.54 Å². The molecule has 2 aromatic heterocycles. The van der Waals surface area contributed by atoms with Crippen LogP contribution in [0.3, 0.4) is 0 Å². The number of amides is 1. The van der Waals surface area contributed by atoms with Crippen molar-refractivity contribution in [2.24, 2.45) is 0 Å². The number of benzene rings is 2. The van der Waals surface area contributed by atoms with Gasteiger partial charge in [0.25, 0.3) is 0 Å². The number of hydrogen-bond acceptors (Lipinski definition) is 6. The smallest absolute Gasteiger partial charge is 0.244 e. The zero-order chi connectivity index (χ0) is 18.2. The zero-order valence-electron chi connectivity index (χ0n) is 14.4. The van der Waals surface area contributed by atoms with Gasteiger partial charge in [0.1, 0.15) is 24.3 Å². The van der Waals surface area contributed by atoms with Crippen molar-refractivity contribution in [3.05, 3.63) is 60.1 Å². The van der Waals surface area contributed by atoms with Crippen LogP contribution in [0.5, 0.6) is 0 Å². The fourth-order valence-corrected chi connectivity index (χ4v) is 3.56. The zero-order valence-corrected chi connectivity index (χ0v) is 14.4. The molecule has 27 heavy (non-hydrogen) atoms. The Labute approximate surface area is 154 Å². The standard InChI is InChI=1S/C19H16N6O2/c26-18(11-25-12-20-22-23-25)24-9-8-17-16(10-24)19(21-27-17)15-7-3-5-13-4-1-2-6-14(13)15/h1-7,12H,8-11H2. The van der Waals surface area contributed by atoms with E-state index in [1.807, 2.05) is 24.3 Å². The van der Waals surface area contributed by atoms with Crippen molar-refractivity contribution < 1.29 is 9.32 Å². The van der Waals surface area contributed by atoms with Crippen LogP contribution in [0.1, 0.15) is 11.3 Å². The first-order valence-corrected chi connectivity index (χ1v) is 8.74. The summed E-state index contributed by atoms with van der Waals surface area (Å²) in [6, 6.07) is 14.3. The number of rotatable bonds is 3. The lowest BCUT2D eigenvalue weighted by Gasteiger charge is -2.26. The van der Waals surface area contributed by atoms with E-state index < -0.39 is 0 Å². The second-order valence-electron chi connectivity index (χ2n) is 6.53. The highest BCUT2D eigenvalue weighted by Gasteiger charge is 2.28. The van der Waals surface area contributed by atoms with E-state index >= 15 is 0 Å². The third-order valence-corrected chi connectivity index (χ3v) is 4.91. The molecule has 0 spiro atoms. The molecule has 0 radical (unpaired) electrons. The molecule has 8 heteroatoms. The van der Waals surface area contributed by atoms with Crippen LogP contribution in [-0.4, -0.2) is 42.7 Å². The monoisotopic (exact) mass is 360 g/mol. The summed E-state index contributed by atoms with van der Waals surface area (Å²) in [5, 5.41) is 17.5. The molecule has 5 rings (SSSR count). The largest absolute Gasteiger partial charge is 0.360 e. The SMILES string of the molecule is O=C(Cn1cnnn1)N1CCc2onc(-c3cccc4ccccc34)c2C1. The number of nitrogens with zero attached hydrogens (tertiary/aromatic N) is 6. The van der Waals surface area contributed by atoms with Crippen molar-refractivity contribution >= 4 is 16.7 Å². The number of aromatic nitrogens is 5. The molecule has 0 unspecified atom stereocenters. The Kier molecular flexibility index (Phi) is 3.67. The lowest BCUT2D eigenvalue weighted by molar-refractivity contribution is -0.133. The van der Waals surface area contributed by atoms with E-state index in [9.17, 15) is 4.79 Å². The molecular weight excluding hydrogens is 344 g/mol. The topological polar surface area (TPSA) is 89.9 Å². The van der Waals surface area contributed by atoms with Crippen molar-refractivity contribution in [3.8, 4) is 11.3 Å². The maximum atomic E-state index is 12.6. The van der Waals surface area contributed by atoms with Gasteiger partial charge in [0.2, 0.25) is 5.91 Å². The summed E-state index contributed by atoms with van der Waals surface area (Å²) in [7, 11) is 0. The van der Waals surface area contributed by atoms with Gasteiger partial charge in [-0.3, -0.25) is 4.79 Å². The molecular formula is C19H16N6O2. The van der Waals surface area contributed by atoms with Crippen LogP contribution in [0, 0.1) is 0 Å². The lowest BCUT2D eigenvalue weighted by Crippen LogP contribution is -2.37. The van der Waals surface area contributed by atoms with Crippen molar-refractivity contribution in [1.82, 2.24) is 30.3 Å². The van der Waals surface area contributed by atoms with Gasteiger partial charge in [-0.25, -0.2) is 4.68 Å². The molecule has 1 amide bonds. The van der Waals surface area contributed by atoms with Crippen LogP contribution in [-0.2, 0) is 24.3 Å². The van der Waals surface area contributed by atoms with Crippen molar-refractivity contribution in [2.45, 2.75) is 19.5 Å². The normalized spacial score (nSPS) is 13.7. The predicted molar refractivity (Wildman–Crippen MR) is 96.4 cm³/mol. The van der Waals surface area contributed by atoms with E-state index in [1.165, 1.54) is 11.0 Å². The molecule has 0 aliphatic carbocycles.